The molecule has 2 atom stereocenters. The molecule has 13 heavy (non-hydrogen) atoms. The highest BCUT2D eigenvalue weighted by Gasteiger charge is 2.33. The van der Waals surface area contributed by atoms with Gasteiger partial charge >= 0.3 is 0 Å². The Hall–Kier alpha value is -0.500. The molecule has 2 aliphatic rings. The first-order valence-corrected chi connectivity index (χ1v) is 5.38. The summed E-state index contributed by atoms with van der Waals surface area (Å²) in [7, 11) is 0. The predicted octanol–water partition coefficient (Wildman–Crippen LogP) is 1.73. The SMILES string of the molecule is C=C1CNC2CCC(C2)N1C(C)C. The molecule has 0 radical (unpaired) electrons. The lowest BCUT2D eigenvalue weighted by Crippen LogP contribution is -2.39. The van der Waals surface area contributed by atoms with Crippen LogP contribution in [0.25, 0.3) is 0 Å². The molecule has 2 nitrogen and oxygen atoms in total. The monoisotopic (exact) mass is 180 g/mol. The highest BCUT2D eigenvalue weighted by atomic mass is 15.2. The summed E-state index contributed by atoms with van der Waals surface area (Å²) in [6.07, 6.45) is 4.01. The van der Waals surface area contributed by atoms with Crippen molar-refractivity contribution in [1.29, 1.82) is 0 Å². The van der Waals surface area contributed by atoms with Gasteiger partial charge < -0.3 is 10.2 Å². The first-order chi connectivity index (χ1) is 6.18. The van der Waals surface area contributed by atoms with Gasteiger partial charge in [-0.15, -0.1) is 0 Å². The van der Waals surface area contributed by atoms with Crippen LogP contribution in [0.4, 0.5) is 0 Å². The molecule has 2 bridgehead atoms. The van der Waals surface area contributed by atoms with E-state index in [1.54, 1.807) is 0 Å². The van der Waals surface area contributed by atoms with Gasteiger partial charge in [-0.2, -0.15) is 0 Å². The molecule has 0 aromatic carbocycles. The van der Waals surface area contributed by atoms with E-state index in [1.807, 2.05) is 0 Å². The van der Waals surface area contributed by atoms with Gasteiger partial charge in [0, 0.05) is 30.4 Å². The first kappa shape index (κ1) is 9.07. The van der Waals surface area contributed by atoms with Crippen LogP contribution in [0, 0.1) is 0 Å². The lowest BCUT2D eigenvalue weighted by Gasteiger charge is -2.35. The standard InChI is InChI=1S/C11H20N2/c1-8(2)13-9(3)7-12-10-4-5-11(13)6-10/h8,10-12H,3-7H2,1-2H3. The molecule has 74 valence electrons. The minimum Gasteiger partial charge on any atom is -0.369 e. The van der Waals surface area contributed by atoms with Crippen molar-refractivity contribution < 1.29 is 0 Å². The van der Waals surface area contributed by atoms with E-state index in [4.69, 9.17) is 0 Å². The molecule has 1 N–H and O–H groups in total. The lowest BCUT2D eigenvalue weighted by molar-refractivity contribution is 0.211. The van der Waals surface area contributed by atoms with E-state index >= 15 is 0 Å². The van der Waals surface area contributed by atoms with Crippen LogP contribution in [0.1, 0.15) is 33.1 Å². The fourth-order valence-electron chi connectivity index (χ4n) is 2.79. The topological polar surface area (TPSA) is 15.3 Å². The molecule has 1 saturated carbocycles. The molecular formula is C11H20N2. The maximum Gasteiger partial charge on any atom is 0.0352 e. The number of rotatable bonds is 1. The summed E-state index contributed by atoms with van der Waals surface area (Å²) in [6.45, 7) is 9.68. The van der Waals surface area contributed by atoms with Crippen molar-refractivity contribution in [3.05, 3.63) is 12.3 Å². The molecule has 1 aliphatic heterocycles. The van der Waals surface area contributed by atoms with Crippen molar-refractivity contribution in [2.24, 2.45) is 0 Å². The zero-order chi connectivity index (χ0) is 9.42. The second-order valence-electron chi connectivity index (χ2n) is 4.61. The van der Waals surface area contributed by atoms with Crippen molar-refractivity contribution in [2.45, 2.75) is 51.2 Å². The molecule has 2 heteroatoms. The molecule has 1 saturated heterocycles. The zero-order valence-corrected chi connectivity index (χ0v) is 8.71. The Morgan fingerprint density at radius 1 is 1.46 bits per heavy atom. The fraction of sp³-hybridized carbons (Fsp3) is 0.818. The van der Waals surface area contributed by atoms with Crippen LogP contribution in [0.2, 0.25) is 0 Å². The van der Waals surface area contributed by atoms with Gasteiger partial charge in [-0.3, -0.25) is 0 Å². The normalized spacial score (nSPS) is 34.1. The second-order valence-corrected chi connectivity index (χ2v) is 4.61. The van der Waals surface area contributed by atoms with Crippen LogP contribution in [-0.4, -0.2) is 29.6 Å². The summed E-state index contributed by atoms with van der Waals surface area (Å²) in [5, 5.41) is 3.57. The van der Waals surface area contributed by atoms with Crippen molar-refractivity contribution in [3.63, 3.8) is 0 Å². The maximum absolute atomic E-state index is 4.16. The van der Waals surface area contributed by atoms with E-state index in [1.165, 1.54) is 25.0 Å². The smallest absolute Gasteiger partial charge is 0.0352 e. The van der Waals surface area contributed by atoms with Gasteiger partial charge in [0.1, 0.15) is 0 Å². The predicted molar refractivity (Wildman–Crippen MR) is 55.5 cm³/mol. The second kappa shape index (κ2) is 3.33. The first-order valence-electron chi connectivity index (χ1n) is 5.38. The van der Waals surface area contributed by atoms with Crippen LogP contribution in [0.3, 0.4) is 0 Å². The fourth-order valence-corrected chi connectivity index (χ4v) is 2.79. The van der Waals surface area contributed by atoms with E-state index < -0.39 is 0 Å². The number of nitrogens with zero attached hydrogens (tertiary/aromatic N) is 1. The summed E-state index contributed by atoms with van der Waals surface area (Å²) in [5.41, 5.74) is 1.28. The Morgan fingerprint density at radius 3 is 2.92 bits per heavy atom. The Balaban J connectivity index is 2.16. The van der Waals surface area contributed by atoms with Crippen molar-refractivity contribution in [3.8, 4) is 0 Å². The van der Waals surface area contributed by atoms with Crippen LogP contribution in [0.15, 0.2) is 12.3 Å². The minimum atomic E-state index is 0.608. The van der Waals surface area contributed by atoms with E-state index in [-0.39, 0.29) is 0 Å². The number of nitrogens with one attached hydrogen (secondary N) is 1. The zero-order valence-electron chi connectivity index (χ0n) is 8.71. The van der Waals surface area contributed by atoms with Gasteiger partial charge in [0.05, 0.1) is 0 Å². The van der Waals surface area contributed by atoms with E-state index in [0.717, 1.165) is 18.6 Å². The molecule has 1 heterocycles. The third kappa shape index (κ3) is 1.60. The Bertz CT molecular complexity index is 210. The van der Waals surface area contributed by atoms with Gasteiger partial charge in [0.25, 0.3) is 0 Å². The summed E-state index contributed by atoms with van der Waals surface area (Å²) in [4.78, 5) is 2.51. The Labute approximate surface area is 81.0 Å². The maximum atomic E-state index is 4.16. The average molecular weight is 180 g/mol. The van der Waals surface area contributed by atoms with E-state index in [0.29, 0.717) is 6.04 Å². The van der Waals surface area contributed by atoms with Gasteiger partial charge in [-0.1, -0.05) is 6.58 Å². The van der Waals surface area contributed by atoms with E-state index in [2.05, 4.69) is 30.6 Å². The van der Waals surface area contributed by atoms with Gasteiger partial charge in [-0.05, 0) is 33.1 Å². The summed E-state index contributed by atoms with van der Waals surface area (Å²) < 4.78 is 0. The number of hydrogen-bond donors (Lipinski definition) is 1. The van der Waals surface area contributed by atoms with Crippen LogP contribution in [-0.2, 0) is 0 Å². The molecule has 0 amide bonds. The quantitative estimate of drug-likeness (QED) is 0.661. The average Bonchev–Trinajstić information content (AvgIpc) is 2.41. The molecule has 0 spiro atoms. The van der Waals surface area contributed by atoms with Crippen LogP contribution >= 0.6 is 0 Å². The van der Waals surface area contributed by atoms with E-state index in [9.17, 15) is 0 Å². The highest BCUT2D eigenvalue weighted by Crippen LogP contribution is 2.30. The third-order valence-electron chi connectivity index (χ3n) is 3.31. The van der Waals surface area contributed by atoms with Crippen LogP contribution < -0.4 is 5.32 Å². The molecule has 1 aliphatic carbocycles. The lowest BCUT2D eigenvalue weighted by atomic mass is 10.1. The highest BCUT2D eigenvalue weighted by molar-refractivity contribution is 5.07. The molecule has 0 aromatic rings. The summed E-state index contributed by atoms with van der Waals surface area (Å²) >= 11 is 0. The molecule has 2 fully saturated rings. The van der Waals surface area contributed by atoms with Gasteiger partial charge in [-0.25, -0.2) is 0 Å². The molecule has 2 rings (SSSR count). The molecular weight excluding hydrogens is 160 g/mol. The van der Waals surface area contributed by atoms with Gasteiger partial charge in [0.2, 0.25) is 0 Å². The molecule has 0 aromatic heterocycles. The van der Waals surface area contributed by atoms with Crippen molar-refractivity contribution in [2.75, 3.05) is 6.54 Å². The minimum absolute atomic E-state index is 0.608. The van der Waals surface area contributed by atoms with Crippen LogP contribution in [0.5, 0.6) is 0 Å². The summed E-state index contributed by atoms with van der Waals surface area (Å²) in [6, 6.07) is 2.12. The largest absolute Gasteiger partial charge is 0.369 e. The molecule has 2 unspecified atom stereocenters. The Kier molecular flexibility index (Phi) is 2.33. The number of hydrogen-bond acceptors (Lipinski definition) is 2. The van der Waals surface area contributed by atoms with Gasteiger partial charge in [0.15, 0.2) is 0 Å². The van der Waals surface area contributed by atoms with Crippen molar-refractivity contribution >= 4 is 0 Å². The Morgan fingerprint density at radius 2 is 2.23 bits per heavy atom. The van der Waals surface area contributed by atoms with Crippen molar-refractivity contribution in [1.82, 2.24) is 10.2 Å². The number of fused-ring (bicyclic) bond motifs is 2. The summed E-state index contributed by atoms with van der Waals surface area (Å²) in [5.74, 6) is 0. The third-order valence-corrected chi connectivity index (χ3v) is 3.31.